The van der Waals surface area contributed by atoms with Crippen LogP contribution in [0, 0.1) is 5.92 Å². The van der Waals surface area contributed by atoms with E-state index in [4.69, 9.17) is 16.3 Å². The molecule has 0 amide bonds. The Hall–Kier alpha value is 0.250. The minimum absolute atomic E-state index is 0.0506. The highest BCUT2D eigenvalue weighted by Crippen LogP contribution is 2.28. The van der Waals surface area contributed by atoms with Crippen LogP contribution in [0.2, 0.25) is 0 Å². The van der Waals surface area contributed by atoms with Crippen molar-refractivity contribution < 1.29 is 4.74 Å². The van der Waals surface area contributed by atoms with E-state index in [9.17, 15) is 0 Å². The standard InChI is InChI=1S/C10H19ClO/c1-3-8(4-2)10(11)12-9-6-5-7-9/h8-10H,3-7H2,1-2H3. The van der Waals surface area contributed by atoms with E-state index >= 15 is 0 Å². The molecule has 12 heavy (non-hydrogen) atoms. The van der Waals surface area contributed by atoms with Gasteiger partial charge in [-0.2, -0.15) is 0 Å². The maximum absolute atomic E-state index is 6.13. The van der Waals surface area contributed by atoms with E-state index in [1.165, 1.54) is 19.3 Å². The smallest absolute Gasteiger partial charge is 0.134 e. The zero-order valence-electron chi connectivity index (χ0n) is 8.05. The van der Waals surface area contributed by atoms with Gasteiger partial charge in [-0.3, -0.25) is 0 Å². The van der Waals surface area contributed by atoms with Crippen molar-refractivity contribution in [3.63, 3.8) is 0 Å². The first kappa shape index (κ1) is 10.3. The van der Waals surface area contributed by atoms with Crippen LogP contribution in [0.3, 0.4) is 0 Å². The molecular weight excluding hydrogens is 172 g/mol. The van der Waals surface area contributed by atoms with Crippen molar-refractivity contribution in [2.75, 3.05) is 0 Å². The summed E-state index contributed by atoms with van der Waals surface area (Å²) in [4.78, 5) is 0. The lowest BCUT2D eigenvalue weighted by molar-refractivity contribution is -0.0387. The molecule has 1 atom stereocenters. The van der Waals surface area contributed by atoms with Crippen molar-refractivity contribution in [2.24, 2.45) is 5.92 Å². The Kier molecular flexibility index (Phi) is 4.38. The van der Waals surface area contributed by atoms with Gasteiger partial charge in [-0.25, -0.2) is 0 Å². The summed E-state index contributed by atoms with van der Waals surface area (Å²) < 4.78 is 5.70. The topological polar surface area (TPSA) is 9.23 Å². The van der Waals surface area contributed by atoms with Gasteiger partial charge < -0.3 is 4.74 Å². The summed E-state index contributed by atoms with van der Waals surface area (Å²) in [6.45, 7) is 4.35. The third-order valence-electron chi connectivity index (χ3n) is 2.79. The molecule has 1 unspecified atom stereocenters. The fourth-order valence-electron chi connectivity index (χ4n) is 1.46. The van der Waals surface area contributed by atoms with Gasteiger partial charge in [0, 0.05) is 0 Å². The first-order valence-electron chi connectivity index (χ1n) is 5.07. The molecule has 1 fully saturated rings. The molecular formula is C10H19ClO. The van der Waals surface area contributed by atoms with Gasteiger partial charge in [-0.1, -0.05) is 25.4 Å². The van der Waals surface area contributed by atoms with Crippen LogP contribution in [-0.2, 0) is 4.74 Å². The molecule has 0 aromatic carbocycles. The van der Waals surface area contributed by atoms with Gasteiger partial charge in [0.2, 0.25) is 0 Å². The summed E-state index contributed by atoms with van der Waals surface area (Å²) in [5.41, 5.74) is -0.0506. The van der Waals surface area contributed by atoms with Crippen molar-refractivity contribution in [1.82, 2.24) is 0 Å². The van der Waals surface area contributed by atoms with E-state index in [0.717, 1.165) is 12.8 Å². The summed E-state index contributed by atoms with van der Waals surface area (Å²) in [5.74, 6) is 0.535. The summed E-state index contributed by atoms with van der Waals surface area (Å²) in [6.07, 6.45) is 6.45. The van der Waals surface area contributed by atoms with Gasteiger partial charge >= 0.3 is 0 Å². The molecule has 1 aliphatic rings. The monoisotopic (exact) mass is 190 g/mol. The van der Waals surface area contributed by atoms with Gasteiger partial charge in [0.15, 0.2) is 0 Å². The second-order valence-corrected chi connectivity index (χ2v) is 4.05. The number of hydrogen-bond donors (Lipinski definition) is 0. The Balaban J connectivity index is 2.19. The molecule has 0 radical (unpaired) electrons. The quantitative estimate of drug-likeness (QED) is 0.603. The lowest BCUT2D eigenvalue weighted by atomic mass is 9.96. The number of ether oxygens (including phenoxy) is 1. The van der Waals surface area contributed by atoms with E-state index in [1.54, 1.807) is 0 Å². The fourth-order valence-corrected chi connectivity index (χ4v) is 1.96. The largest absolute Gasteiger partial charge is 0.359 e. The third-order valence-corrected chi connectivity index (χ3v) is 3.25. The highest BCUT2D eigenvalue weighted by atomic mass is 35.5. The van der Waals surface area contributed by atoms with Crippen molar-refractivity contribution in [1.29, 1.82) is 0 Å². The van der Waals surface area contributed by atoms with Crippen LogP contribution in [0.4, 0.5) is 0 Å². The van der Waals surface area contributed by atoms with E-state index in [-0.39, 0.29) is 5.56 Å². The van der Waals surface area contributed by atoms with E-state index in [1.807, 2.05) is 0 Å². The second kappa shape index (κ2) is 5.08. The summed E-state index contributed by atoms with van der Waals surface area (Å²) in [6, 6.07) is 0. The van der Waals surface area contributed by atoms with Crippen molar-refractivity contribution >= 4 is 11.6 Å². The van der Waals surface area contributed by atoms with E-state index in [0.29, 0.717) is 12.0 Å². The highest BCUT2D eigenvalue weighted by Gasteiger charge is 2.24. The molecule has 1 rings (SSSR count). The molecule has 0 spiro atoms. The zero-order chi connectivity index (χ0) is 8.97. The molecule has 2 heteroatoms. The number of hydrogen-bond acceptors (Lipinski definition) is 1. The molecule has 0 bridgehead atoms. The predicted molar refractivity (Wildman–Crippen MR) is 52.4 cm³/mol. The van der Waals surface area contributed by atoms with Gasteiger partial charge in [0.1, 0.15) is 5.56 Å². The Morgan fingerprint density at radius 1 is 1.33 bits per heavy atom. The van der Waals surface area contributed by atoms with Crippen LogP contribution in [-0.4, -0.2) is 11.7 Å². The van der Waals surface area contributed by atoms with Crippen molar-refractivity contribution in [3.05, 3.63) is 0 Å². The molecule has 0 saturated heterocycles. The van der Waals surface area contributed by atoms with Crippen LogP contribution >= 0.6 is 11.6 Å². The van der Waals surface area contributed by atoms with Crippen LogP contribution in [0.25, 0.3) is 0 Å². The average molecular weight is 191 g/mol. The normalized spacial score (nSPS) is 21.0. The molecule has 1 aliphatic carbocycles. The SMILES string of the molecule is CCC(CC)C(Cl)OC1CCC1. The number of halogens is 1. The molecule has 0 heterocycles. The van der Waals surface area contributed by atoms with Crippen LogP contribution in [0.15, 0.2) is 0 Å². The highest BCUT2D eigenvalue weighted by molar-refractivity contribution is 6.19. The molecule has 0 aromatic heterocycles. The summed E-state index contributed by atoms with van der Waals surface area (Å²) in [5, 5.41) is 0. The second-order valence-electron chi connectivity index (χ2n) is 3.62. The lowest BCUT2D eigenvalue weighted by Gasteiger charge is -2.30. The van der Waals surface area contributed by atoms with Gasteiger partial charge in [-0.15, -0.1) is 0 Å². The first-order chi connectivity index (χ1) is 5.77. The molecule has 1 saturated carbocycles. The average Bonchev–Trinajstić information content (AvgIpc) is 1.99. The predicted octanol–water partition coefficient (Wildman–Crippen LogP) is 3.56. The summed E-state index contributed by atoms with van der Waals surface area (Å²) in [7, 11) is 0. The van der Waals surface area contributed by atoms with Crippen molar-refractivity contribution in [3.8, 4) is 0 Å². The minimum atomic E-state index is -0.0506. The number of alkyl halides is 1. The van der Waals surface area contributed by atoms with E-state index < -0.39 is 0 Å². The van der Waals surface area contributed by atoms with Crippen LogP contribution in [0.1, 0.15) is 46.0 Å². The Bertz CT molecular complexity index is 119. The first-order valence-corrected chi connectivity index (χ1v) is 5.51. The summed E-state index contributed by atoms with van der Waals surface area (Å²) >= 11 is 6.13. The Morgan fingerprint density at radius 2 is 1.92 bits per heavy atom. The Labute approximate surface area is 80.4 Å². The van der Waals surface area contributed by atoms with E-state index in [2.05, 4.69) is 13.8 Å². The number of rotatable bonds is 5. The zero-order valence-corrected chi connectivity index (χ0v) is 8.81. The molecule has 72 valence electrons. The molecule has 0 N–H and O–H groups in total. The van der Waals surface area contributed by atoms with Crippen LogP contribution < -0.4 is 0 Å². The third kappa shape index (κ3) is 2.63. The fraction of sp³-hybridized carbons (Fsp3) is 1.00. The lowest BCUT2D eigenvalue weighted by Crippen LogP contribution is -2.29. The maximum Gasteiger partial charge on any atom is 0.134 e. The van der Waals surface area contributed by atoms with Gasteiger partial charge in [0.05, 0.1) is 6.10 Å². The molecule has 1 nitrogen and oxygen atoms in total. The maximum atomic E-state index is 6.13. The van der Waals surface area contributed by atoms with Gasteiger partial charge in [0.25, 0.3) is 0 Å². The molecule has 0 aromatic rings. The van der Waals surface area contributed by atoms with Gasteiger partial charge in [-0.05, 0) is 38.0 Å². The molecule has 0 aliphatic heterocycles. The Morgan fingerprint density at radius 3 is 2.25 bits per heavy atom. The van der Waals surface area contributed by atoms with Crippen LogP contribution in [0.5, 0.6) is 0 Å². The van der Waals surface area contributed by atoms with Crippen molar-refractivity contribution in [2.45, 2.75) is 57.6 Å². The minimum Gasteiger partial charge on any atom is -0.359 e.